The maximum Gasteiger partial charge on any atom is 0.303 e. The number of carbonyl (C=O) groups is 2. The lowest BCUT2D eigenvalue weighted by Crippen LogP contribution is -2.30. The Kier molecular flexibility index (Phi) is 24.7. The fraction of sp³-hybridized carbons (Fsp3) is 0.842. The van der Waals surface area contributed by atoms with Crippen LogP contribution in [0.5, 0.6) is 0 Å². The average Bonchev–Trinajstić information content (AvgIpc) is 2.96. The van der Waals surface area contributed by atoms with Crippen LogP contribution in [0, 0.1) is 23.7 Å². The minimum absolute atomic E-state index is 0.310. The second-order valence-electron chi connectivity index (χ2n) is 13.2. The van der Waals surface area contributed by atoms with Crippen LogP contribution < -0.4 is 0 Å². The Labute approximate surface area is 260 Å². The highest BCUT2D eigenvalue weighted by Gasteiger charge is 2.33. The van der Waals surface area contributed by atoms with Crippen LogP contribution in [-0.2, 0) is 9.59 Å². The van der Waals surface area contributed by atoms with Crippen molar-refractivity contribution in [2.45, 2.75) is 181 Å². The molecule has 1 aliphatic rings. The fourth-order valence-corrected chi connectivity index (χ4v) is 6.93. The highest BCUT2D eigenvalue weighted by atomic mass is 16.4. The summed E-state index contributed by atoms with van der Waals surface area (Å²) in [6, 6.07) is 0. The van der Waals surface area contributed by atoms with Crippen molar-refractivity contribution in [3.05, 3.63) is 24.3 Å². The van der Waals surface area contributed by atoms with Crippen molar-refractivity contribution in [1.82, 2.24) is 0 Å². The van der Waals surface area contributed by atoms with Gasteiger partial charge in [0.15, 0.2) is 0 Å². The fourth-order valence-electron chi connectivity index (χ4n) is 6.93. The molecule has 0 bridgehead atoms. The van der Waals surface area contributed by atoms with E-state index in [0.29, 0.717) is 30.6 Å². The van der Waals surface area contributed by atoms with Gasteiger partial charge in [-0.1, -0.05) is 147 Å². The first-order valence-electron chi connectivity index (χ1n) is 18.3. The molecule has 0 aromatic heterocycles. The van der Waals surface area contributed by atoms with Gasteiger partial charge in [0.2, 0.25) is 0 Å². The van der Waals surface area contributed by atoms with Gasteiger partial charge in [0.05, 0.1) is 0 Å². The largest absolute Gasteiger partial charge is 0.481 e. The van der Waals surface area contributed by atoms with Crippen molar-refractivity contribution in [2.75, 3.05) is 0 Å². The van der Waals surface area contributed by atoms with Crippen LogP contribution in [0.4, 0.5) is 0 Å². The minimum Gasteiger partial charge on any atom is -0.481 e. The summed E-state index contributed by atoms with van der Waals surface area (Å²) in [7, 11) is 0. The molecular weight excluding hydrogens is 520 g/mol. The Balaban J connectivity index is 2.75. The van der Waals surface area contributed by atoms with Crippen molar-refractivity contribution >= 4 is 11.9 Å². The Hall–Kier alpha value is -1.58. The van der Waals surface area contributed by atoms with Crippen LogP contribution in [0.2, 0.25) is 0 Å². The molecule has 0 heterocycles. The molecule has 0 saturated carbocycles. The molecule has 42 heavy (non-hydrogen) atoms. The zero-order valence-corrected chi connectivity index (χ0v) is 27.7. The van der Waals surface area contributed by atoms with Crippen LogP contribution in [0.3, 0.4) is 0 Å². The van der Waals surface area contributed by atoms with Crippen LogP contribution in [0.1, 0.15) is 181 Å². The molecule has 4 atom stereocenters. The van der Waals surface area contributed by atoms with Gasteiger partial charge in [-0.05, 0) is 68.6 Å². The molecule has 0 radical (unpaired) electrons. The van der Waals surface area contributed by atoms with Gasteiger partial charge in [-0.2, -0.15) is 0 Å². The molecule has 2 N–H and O–H groups in total. The maximum atomic E-state index is 10.8. The van der Waals surface area contributed by atoms with Gasteiger partial charge in [-0.15, -0.1) is 0 Å². The molecule has 0 saturated heterocycles. The van der Waals surface area contributed by atoms with Crippen LogP contribution in [0.15, 0.2) is 24.3 Å². The molecule has 0 fully saturated rings. The lowest BCUT2D eigenvalue weighted by Gasteiger charge is -2.39. The summed E-state index contributed by atoms with van der Waals surface area (Å²) in [5.74, 6) is 1.42. The monoisotopic (exact) mass is 589 g/mol. The van der Waals surface area contributed by atoms with Gasteiger partial charge >= 0.3 is 11.9 Å². The summed E-state index contributed by atoms with van der Waals surface area (Å²) in [4.78, 5) is 21.5. The van der Waals surface area contributed by atoms with Gasteiger partial charge in [0, 0.05) is 12.8 Å². The number of rotatable bonds is 29. The first-order valence-corrected chi connectivity index (χ1v) is 18.3. The second-order valence-corrected chi connectivity index (χ2v) is 13.2. The molecule has 1 aliphatic carbocycles. The van der Waals surface area contributed by atoms with E-state index in [1.807, 2.05) is 0 Å². The number of unbranched alkanes of at least 4 members (excludes halogenated alkanes) is 17. The van der Waals surface area contributed by atoms with Crippen molar-refractivity contribution in [1.29, 1.82) is 0 Å². The Morgan fingerprint density at radius 2 is 0.976 bits per heavy atom. The Morgan fingerprint density at radius 1 is 0.548 bits per heavy atom. The molecule has 0 aromatic carbocycles. The van der Waals surface area contributed by atoms with Crippen molar-refractivity contribution in [3.63, 3.8) is 0 Å². The first-order chi connectivity index (χ1) is 20.5. The quantitative estimate of drug-likeness (QED) is 0.0673. The topological polar surface area (TPSA) is 74.6 Å². The number of carboxylic acids is 2. The zero-order chi connectivity index (χ0) is 30.7. The van der Waals surface area contributed by atoms with E-state index >= 15 is 0 Å². The van der Waals surface area contributed by atoms with Gasteiger partial charge in [-0.3, -0.25) is 9.59 Å². The smallest absolute Gasteiger partial charge is 0.303 e. The number of hydrogen-bond acceptors (Lipinski definition) is 2. The van der Waals surface area contributed by atoms with E-state index in [9.17, 15) is 9.59 Å². The summed E-state index contributed by atoms with van der Waals surface area (Å²) < 4.78 is 0. The van der Waals surface area contributed by atoms with Crippen molar-refractivity contribution < 1.29 is 19.8 Å². The lowest BCUT2D eigenvalue weighted by atomic mass is 9.66. The van der Waals surface area contributed by atoms with E-state index in [1.165, 1.54) is 116 Å². The van der Waals surface area contributed by atoms with E-state index in [4.69, 9.17) is 10.2 Å². The van der Waals surface area contributed by atoms with Crippen molar-refractivity contribution in [2.24, 2.45) is 23.7 Å². The summed E-state index contributed by atoms with van der Waals surface area (Å²) in [5, 5.41) is 17.7. The number of hydrogen-bond donors (Lipinski definition) is 2. The average molecular weight is 589 g/mol. The molecule has 4 nitrogen and oxygen atoms in total. The van der Waals surface area contributed by atoms with Crippen LogP contribution in [-0.4, -0.2) is 22.2 Å². The highest BCUT2D eigenvalue weighted by molar-refractivity contribution is 5.66. The van der Waals surface area contributed by atoms with E-state index in [1.54, 1.807) is 0 Å². The first kappa shape index (κ1) is 38.4. The zero-order valence-electron chi connectivity index (χ0n) is 27.7. The summed E-state index contributed by atoms with van der Waals surface area (Å²) in [6.45, 7) is 4.58. The summed E-state index contributed by atoms with van der Waals surface area (Å²) in [6.07, 6.45) is 40.4. The Bertz CT molecular complexity index is 712. The van der Waals surface area contributed by atoms with Crippen molar-refractivity contribution in [3.8, 4) is 0 Å². The molecule has 0 amide bonds. The molecule has 4 unspecified atom stereocenters. The summed E-state index contributed by atoms with van der Waals surface area (Å²) >= 11 is 0. The SMILES string of the molecule is CCCCCCC=CC1C(CCCCCC)C=CC(CCCCCCCCC(=O)O)C1CCCCCCCCC(=O)O. The highest BCUT2D eigenvalue weighted by Crippen LogP contribution is 2.43. The molecule has 1 rings (SSSR count). The number of carboxylic acid groups (broad SMARTS) is 2. The van der Waals surface area contributed by atoms with E-state index in [2.05, 4.69) is 38.2 Å². The number of aliphatic carboxylic acids is 2. The summed E-state index contributed by atoms with van der Waals surface area (Å²) in [5.41, 5.74) is 0. The van der Waals surface area contributed by atoms with Gasteiger partial charge < -0.3 is 10.2 Å². The predicted molar refractivity (Wildman–Crippen MR) is 179 cm³/mol. The van der Waals surface area contributed by atoms with E-state index in [0.717, 1.165) is 44.4 Å². The van der Waals surface area contributed by atoms with E-state index in [-0.39, 0.29) is 0 Å². The third-order valence-corrected chi connectivity index (χ3v) is 9.47. The predicted octanol–water partition coefficient (Wildman–Crippen LogP) is 11.9. The third-order valence-electron chi connectivity index (χ3n) is 9.47. The van der Waals surface area contributed by atoms with Crippen LogP contribution >= 0.6 is 0 Å². The molecule has 0 aromatic rings. The lowest BCUT2D eigenvalue weighted by molar-refractivity contribution is -0.138. The van der Waals surface area contributed by atoms with Gasteiger partial charge in [-0.25, -0.2) is 0 Å². The molecule has 4 heteroatoms. The third kappa shape index (κ3) is 20.3. The van der Waals surface area contributed by atoms with Gasteiger partial charge in [0.25, 0.3) is 0 Å². The van der Waals surface area contributed by atoms with E-state index < -0.39 is 11.9 Å². The second kappa shape index (κ2) is 27.0. The molecule has 0 spiro atoms. The molecule has 244 valence electrons. The Morgan fingerprint density at radius 3 is 1.52 bits per heavy atom. The molecular formula is C38H68O4. The van der Waals surface area contributed by atoms with Gasteiger partial charge in [0.1, 0.15) is 0 Å². The normalized spacial score (nSPS) is 20.4. The number of allylic oxidation sites excluding steroid dienone is 4. The molecule has 0 aliphatic heterocycles. The van der Waals surface area contributed by atoms with Crippen LogP contribution in [0.25, 0.3) is 0 Å². The standard InChI is InChI=1S/C38H68O4/c1-3-5-7-9-15-21-27-35-33(25-19-8-6-4-2)31-32-34(26-20-14-10-12-17-23-29-37(39)40)36(35)28-22-16-11-13-18-24-30-38(41)42/h21,27,31-36H,3-20,22-26,28-30H2,1-2H3,(H,39,40)(H,41,42). The minimum atomic E-state index is -0.670. The maximum absolute atomic E-state index is 10.8.